The average Bonchev–Trinajstić information content (AvgIpc) is 3.28. The second-order valence-corrected chi connectivity index (χ2v) is 7.81. The molecule has 1 aromatic carbocycles. The van der Waals surface area contributed by atoms with Crippen LogP contribution in [0.15, 0.2) is 33.8 Å². The summed E-state index contributed by atoms with van der Waals surface area (Å²) < 4.78 is 8.05. The van der Waals surface area contributed by atoms with Gasteiger partial charge in [0.1, 0.15) is 5.82 Å². The lowest BCUT2D eigenvalue weighted by Crippen LogP contribution is -2.15. The van der Waals surface area contributed by atoms with E-state index in [0.29, 0.717) is 28.6 Å². The van der Waals surface area contributed by atoms with Gasteiger partial charge in [0, 0.05) is 6.04 Å². The molecule has 0 bridgehead atoms. The normalized spacial score (nSPS) is 15.5. The summed E-state index contributed by atoms with van der Waals surface area (Å²) in [6, 6.07) is 7.96. The Morgan fingerprint density at radius 1 is 1.12 bits per heavy atom. The molecular weight excluding hydrogens is 370 g/mol. The third-order valence-electron chi connectivity index (χ3n) is 4.67. The highest BCUT2D eigenvalue weighted by Crippen LogP contribution is 2.33. The van der Waals surface area contributed by atoms with E-state index in [1.807, 2.05) is 31.2 Å². The van der Waals surface area contributed by atoms with Crippen LogP contribution in [0, 0.1) is 6.92 Å². The summed E-state index contributed by atoms with van der Waals surface area (Å²) in [6.45, 7) is 2.02. The molecule has 1 aliphatic rings. The van der Waals surface area contributed by atoms with Crippen LogP contribution >= 0.6 is 23.4 Å². The van der Waals surface area contributed by atoms with Gasteiger partial charge < -0.3 is 8.98 Å². The van der Waals surface area contributed by atoms with E-state index < -0.39 is 0 Å². The van der Waals surface area contributed by atoms with E-state index in [-0.39, 0.29) is 0 Å². The van der Waals surface area contributed by atoms with Crippen LogP contribution in [0.3, 0.4) is 0 Å². The number of aromatic nitrogens is 5. The van der Waals surface area contributed by atoms with Crippen LogP contribution in [0.25, 0.3) is 11.5 Å². The van der Waals surface area contributed by atoms with E-state index in [9.17, 15) is 0 Å². The van der Waals surface area contributed by atoms with E-state index in [1.165, 1.54) is 32.1 Å². The minimum Gasteiger partial charge on any atom is -0.420 e. The maximum absolute atomic E-state index is 6.20. The highest BCUT2D eigenvalue weighted by Gasteiger charge is 2.22. The van der Waals surface area contributed by atoms with Crippen LogP contribution in [-0.2, 0) is 5.75 Å². The maximum atomic E-state index is 6.20. The van der Waals surface area contributed by atoms with Crippen molar-refractivity contribution < 1.29 is 4.42 Å². The van der Waals surface area contributed by atoms with Crippen molar-refractivity contribution in [2.24, 2.45) is 0 Å². The van der Waals surface area contributed by atoms with Gasteiger partial charge in [-0.2, -0.15) is 0 Å². The van der Waals surface area contributed by atoms with Crippen LogP contribution in [0.2, 0.25) is 5.02 Å². The maximum Gasteiger partial charge on any atom is 0.249 e. The third-order valence-corrected chi connectivity index (χ3v) is 5.93. The topological polar surface area (TPSA) is 69.6 Å². The highest BCUT2D eigenvalue weighted by atomic mass is 35.5. The molecule has 0 spiro atoms. The van der Waals surface area contributed by atoms with Gasteiger partial charge in [-0.1, -0.05) is 54.8 Å². The first-order chi connectivity index (χ1) is 12.7. The van der Waals surface area contributed by atoms with Gasteiger partial charge in [0.25, 0.3) is 0 Å². The van der Waals surface area contributed by atoms with Crippen molar-refractivity contribution in [2.75, 3.05) is 0 Å². The zero-order valence-electron chi connectivity index (χ0n) is 14.6. The zero-order valence-corrected chi connectivity index (χ0v) is 16.1. The van der Waals surface area contributed by atoms with E-state index in [0.717, 1.165) is 16.5 Å². The van der Waals surface area contributed by atoms with Crippen molar-refractivity contribution in [2.45, 2.75) is 56.0 Å². The quantitative estimate of drug-likeness (QED) is 0.566. The monoisotopic (exact) mass is 389 g/mol. The van der Waals surface area contributed by atoms with Gasteiger partial charge in [0.05, 0.1) is 16.3 Å². The molecule has 2 aromatic heterocycles. The Balaban J connectivity index is 1.48. The van der Waals surface area contributed by atoms with E-state index in [4.69, 9.17) is 16.0 Å². The molecular formula is C18H20ClN5OS. The molecule has 0 atom stereocenters. The van der Waals surface area contributed by atoms with Crippen LogP contribution in [0.1, 0.15) is 49.9 Å². The minimum absolute atomic E-state index is 0.441. The van der Waals surface area contributed by atoms with E-state index >= 15 is 0 Å². The molecule has 0 aliphatic heterocycles. The van der Waals surface area contributed by atoms with Crippen LogP contribution in [-0.4, -0.2) is 25.0 Å². The van der Waals surface area contributed by atoms with Gasteiger partial charge in [0.2, 0.25) is 11.8 Å². The van der Waals surface area contributed by atoms with Crippen molar-refractivity contribution in [1.29, 1.82) is 0 Å². The van der Waals surface area contributed by atoms with Crippen molar-refractivity contribution in [3.05, 3.63) is 41.0 Å². The number of hydrogen-bond donors (Lipinski definition) is 0. The fourth-order valence-electron chi connectivity index (χ4n) is 3.39. The van der Waals surface area contributed by atoms with Gasteiger partial charge in [-0.25, -0.2) is 0 Å². The molecule has 4 rings (SSSR count). The fourth-order valence-corrected chi connectivity index (χ4v) is 4.49. The predicted molar refractivity (Wildman–Crippen MR) is 101 cm³/mol. The predicted octanol–water partition coefficient (Wildman–Crippen LogP) is 5.09. The first kappa shape index (κ1) is 17.5. The molecule has 136 valence electrons. The van der Waals surface area contributed by atoms with Gasteiger partial charge >= 0.3 is 0 Å². The molecule has 2 heterocycles. The highest BCUT2D eigenvalue weighted by molar-refractivity contribution is 7.98. The summed E-state index contributed by atoms with van der Waals surface area (Å²) in [5.41, 5.74) is 0.749. The number of rotatable bonds is 5. The second kappa shape index (κ2) is 7.80. The summed E-state index contributed by atoms with van der Waals surface area (Å²) in [6.07, 6.45) is 6.27. The average molecular weight is 390 g/mol. The van der Waals surface area contributed by atoms with Crippen LogP contribution < -0.4 is 0 Å². The third kappa shape index (κ3) is 3.64. The Bertz CT molecular complexity index is 887. The smallest absolute Gasteiger partial charge is 0.249 e. The molecule has 6 nitrogen and oxygen atoms in total. The lowest BCUT2D eigenvalue weighted by molar-refractivity contribution is 0.332. The molecule has 0 N–H and O–H groups in total. The molecule has 0 amide bonds. The zero-order chi connectivity index (χ0) is 17.9. The molecule has 1 fully saturated rings. The van der Waals surface area contributed by atoms with Gasteiger partial charge in [-0.3, -0.25) is 0 Å². The Labute approximate surface area is 161 Å². The Kier molecular flexibility index (Phi) is 5.26. The molecule has 1 aliphatic carbocycles. The Hall–Kier alpha value is -1.86. The number of thioether (sulfide) groups is 1. The number of aryl methyl sites for hydroxylation is 1. The first-order valence-electron chi connectivity index (χ1n) is 8.84. The lowest BCUT2D eigenvalue weighted by Gasteiger charge is -2.24. The van der Waals surface area contributed by atoms with Crippen molar-refractivity contribution >= 4 is 23.4 Å². The van der Waals surface area contributed by atoms with Crippen molar-refractivity contribution in [1.82, 2.24) is 25.0 Å². The van der Waals surface area contributed by atoms with Crippen LogP contribution in [0.5, 0.6) is 0 Å². The van der Waals surface area contributed by atoms with Gasteiger partial charge in [-0.15, -0.1) is 20.4 Å². The number of halogens is 1. The summed E-state index contributed by atoms with van der Waals surface area (Å²) >= 11 is 7.78. The molecule has 8 heteroatoms. The number of benzene rings is 1. The summed E-state index contributed by atoms with van der Waals surface area (Å²) in [7, 11) is 0. The van der Waals surface area contributed by atoms with Crippen LogP contribution in [0.4, 0.5) is 0 Å². The summed E-state index contributed by atoms with van der Waals surface area (Å²) in [5, 5.41) is 18.4. The largest absolute Gasteiger partial charge is 0.420 e. The lowest BCUT2D eigenvalue weighted by atomic mass is 9.95. The molecule has 1 saturated carbocycles. The van der Waals surface area contributed by atoms with E-state index in [2.05, 4.69) is 25.0 Å². The number of nitrogens with zero attached hydrogens (tertiary/aromatic N) is 5. The van der Waals surface area contributed by atoms with Crippen molar-refractivity contribution in [3.8, 4) is 11.5 Å². The fraction of sp³-hybridized carbons (Fsp3) is 0.444. The minimum atomic E-state index is 0.441. The standard InChI is InChI=1S/C18H20ClN5OS/c1-12-20-23-18(24(12)13-7-3-2-4-8-13)26-11-16-21-22-17(25-16)14-9-5-6-10-15(14)19/h5-6,9-10,13H,2-4,7-8,11H2,1H3. The van der Waals surface area contributed by atoms with Crippen molar-refractivity contribution in [3.63, 3.8) is 0 Å². The molecule has 0 radical (unpaired) electrons. The van der Waals surface area contributed by atoms with Gasteiger partial charge in [-0.05, 0) is 31.9 Å². The Morgan fingerprint density at radius 2 is 1.92 bits per heavy atom. The SMILES string of the molecule is Cc1nnc(SCc2nnc(-c3ccccc3Cl)o2)n1C1CCCCC1. The first-order valence-corrected chi connectivity index (χ1v) is 10.2. The number of hydrogen-bond acceptors (Lipinski definition) is 6. The van der Waals surface area contributed by atoms with Gasteiger partial charge in [0.15, 0.2) is 5.16 Å². The molecule has 26 heavy (non-hydrogen) atoms. The molecule has 0 saturated heterocycles. The second-order valence-electron chi connectivity index (χ2n) is 6.46. The summed E-state index contributed by atoms with van der Waals surface area (Å²) in [5.74, 6) is 2.53. The molecule has 0 unspecified atom stereocenters. The van der Waals surface area contributed by atoms with E-state index in [1.54, 1.807) is 11.8 Å². The Morgan fingerprint density at radius 3 is 2.73 bits per heavy atom. The molecule has 3 aromatic rings. The summed E-state index contributed by atoms with van der Waals surface area (Å²) in [4.78, 5) is 0.